The Labute approximate surface area is 98.8 Å². The third-order valence-electron chi connectivity index (χ3n) is 2.91. The van der Waals surface area contributed by atoms with Gasteiger partial charge in [-0.1, -0.05) is 45.4 Å². The molecule has 0 radical (unpaired) electrons. The van der Waals surface area contributed by atoms with Crippen LogP contribution in [0, 0.1) is 16.7 Å². The first-order chi connectivity index (χ1) is 7.60. The zero-order valence-electron chi connectivity index (χ0n) is 10.7. The molecule has 16 heavy (non-hydrogen) atoms. The highest BCUT2D eigenvalue weighted by molar-refractivity contribution is 5.79. The molecule has 0 rings (SSSR count). The van der Waals surface area contributed by atoms with Crippen molar-refractivity contribution < 1.29 is 9.53 Å². The Hall–Kier alpha value is -1.04. The number of esters is 1. The second-order valence-corrected chi connectivity index (χ2v) is 4.45. The minimum atomic E-state index is -0.959. The molecule has 3 nitrogen and oxygen atoms in total. The molecule has 1 atom stereocenters. The first kappa shape index (κ1) is 15.0. The van der Waals surface area contributed by atoms with Crippen molar-refractivity contribution in [2.24, 2.45) is 5.41 Å². The lowest BCUT2D eigenvalue weighted by Crippen LogP contribution is -2.27. The molecule has 0 aliphatic heterocycles. The van der Waals surface area contributed by atoms with Crippen molar-refractivity contribution >= 4 is 5.97 Å². The smallest absolute Gasteiger partial charge is 0.325 e. The highest BCUT2D eigenvalue weighted by atomic mass is 16.5. The lowest BCUT2D eigenvalue weighted by Gasteiger charge is -2.17. The van der Waals surface area contributed by atoms with Gasteiger partial charge in [-0.05, 0) is 13.3 Å². The molecule has 0 saturated carbocycles. The highest BCUT2D eigenvalue weighted by Crippen LogP contribution is 2.25. The van der Waals surface area contributed by atoms with Crippen LogP contribution in [0.5, 0.6) is 0 Å². The maximum absolute atomic E-state index is 11.4. The summed E-state index contributed by atoms with van der Waals surface area (Å²) in [5.74, 6) is -0.413. The maximum atomic E-state index is 11.4. The van der Waals surface area contributed by atoms with Gasteiger partial charge in [-0.25, -0.2) is 0 Å². The van der Waals surface area contributed by atoms with Crippen molar-refractivity contribution in [3.63, 3.8) is 0 Å². The number of carbonyl (C=O) groups excluding carboxylic acids is 1. The first-order valence-corrected chi connectivity index (χ1v) is 6.10. The summed E-state index contributed by atoms with van der Waals surface area (Å²) in [5, 5.41) is 8.98. The molecule has 0 saturated heterocycles. The molecule has 0 aliphatic carbocycles. The molecule has 3 heteroatoms. The van der Waals surface area contributed by atoms with Gasteiger partial charge in [-0.2, -0.15) is 5.26 Å². The zero-order valence-corrected chi connectivity index (χ0v) is 10.7. The van der Waals surface area contributed by atoms with Crippen LogP contribution >= 0.6 is 0 Å². The number of carbonyl (C=O) groups is 1. The van der Waals surface area contributed by atoms with Crippen molar-refractivity contribution in [3.8, 4) is 6.07 Å². The molecule has 0 aliphatic rings. The van der Waals surface area contributed by atoms with Crippen LogP contribution < -0.4 is 0 Å². The van der Waals surface area contributed by atoms with Crippen LogP contribution in [0.2, 0.25) is 0 Å². The van der Waals surface area contributed by atoms with Gasteiger partial charge < -0.3 is 4.74 Å². The molecule has 0 fully saturated rings. The minimum Gasteiger partial charge on any atom is -0.468 e. The van der Waals surface area contributed by atoms with E-state index in [-0.39, 0.29) is 0 Å². The summed E-state index contributed by atoms with van der Waals surface area (Å²) in [6.07, 6.45) is 7.55. The summed E-state index contributed by atoms with van der Waals surface area (Å²) in [4.78, 5) is 11.4. The monoisotopic (exact) mass is 225 g/mol. The Morgan fingerprint density at radius 1 is 1.25 bits per heavy atom. The Bertz CT molecular complexity index is 245. The van der Waals surface area contributed by atoms with E-state index in [2.05, 4.69) is 17.7 Å². The largest absolute Gasteiger partial charge is 0.468 e. The fourth-order valence-electron chi connectivity index (χ4n) is 1.69. The van der Waals surface area contributed by atoms with Gasteiger partial charge in [-0.15, -0.1) is 0 Å². The molecule has 0 heterocycles. The van der Waals surface area contributed by atoms with Gasteiger partial charge in [0.15, 0.2) is 5.41 Å². The molecule has 0 aromatic heterocycles. The van der Waals surface area contributed by atoms with Crippen molar-refractivity contribution in [3.05, 3.63) is 0 Å². The van der Waals surface area contributed by atoms with Gasteiger partial charge in [0.2, 0.25) is 0 Å². The number of hydrogen-bond acceptors (Lipinski definition) is 3. The summed E-state index contributed by atoms with van der Waals surface area (Å²) in [5.41, 5.74) is -0.959. The highest BCUT2D eigenvalue weighted by Gasteiger charge is 2.33. The summed E-state index contributed by atoms with van der Waals surface area (Å²) in [6.45, 7) is 3.84. The van der Waals surface area contributed by atoms with E-state index in [9.17, 15) is 4.79 Å². The molecule has 0 amide bonds. The number of methoxy groups -OCH3 is 1. The van der Waals surface area contributed by atoms with Gasteiger partial charge in [0, 0.05) is 0 Å². The molecule has 0 N–H and O–H groups in total. The van der Waals surface area contributed by atoms with Crippen LogP contribution in [0.25, 0.3) is 0 Å². The molecule has 0 aromatic carbocycles. The summed E-state index contributed by atoms with van der Waals surface area (Å²) in [6, 6.07) is 2.06. The van der Waals surface area contributed by atoms with Crippen molar-refractivity contribution in [2.75, 3.05) is 7.11 Å². The Balaban J connectivity index is 3.80. The van der Waals surface area contributed by atoms with Crippen LogP contribution in [0.3, 0.4) is 0 Å². The fourth-order valence-corrected chi connectivity index (χ4v) is 1.69. The average Bonchev–Trinajstić information content (AvgIpc) is 2.32. The maximum Gasteiger partial charge on any atom is 0.325 e. The molecular weight excluding hydrogens is 202 g/mol. The molecule has 92 valence electrons. The summed E-state index contributed by atoms with van der Waals surface area (Å²) >= 11 is 0. The standard InChI is InChI=1S/C13H23NO2/c1-4-5-6-7-8-9-10-13(2,11-14)12(15)16-3/h4-10H2,1-3H3. The van der Waals surface area contributed by atoms with Gasteiger partial charge in [-0.3, -0.25) is 4.79 Å². The molecule has 1 unspecified atom stereocenters. The molecule has 0 bridgehead atoms. The summed E-state index contributed by atoms with van der Waals surface area (Å²) < 4.78 is 4.64. The topological polar surface area (TPSA) is 50.1 Å². The number of unbranched alkanes of at least 4 members (excludes halogenated alkanes) is 5. The SMILES string of the molecule is CCCCCCCCC(C)(C#N)C(=O)OC. The Morgan fingerprint density at radius 3 is 2.31 bits per heavy atom. The summed E-state index contributed by atoms with van der Waals surface area (Å²) in [7, 11) is 1.33. The Kier molecular flexibility index (Phi) is 7.62. The number of rotatable bonds is 8. The van der Waals surface area contributed by atoms with E-state index in [1.807, 2.05) is 0 Å². The third kappa shape index (κ3) is 5.16. The second kappa shape index (κ2) is 8.15. The van der Waals surface area contributed by atoms with Crippen LogP contribution in [0.15, 0.2) is 0 Å². The van der Waals surface area contributed by atoms with Crippen molar-refractivity contribution in [1.29, 1.82) is 5.26 Å². The van der Waals surface area contributed by atoms with Gasteiger partial charge in [0.25, 0.3) is 0 Å². The van der Waals surface area contributed by atoms with Crippen LogP contribution in [0.1, 0.15) is 58.8 Å². The molecule has 0 spiro atoms. The van der Waals surface area contributed by atoms with Crippen molar-refractivity contribution in [1.82, 2.24) is 0 Å². The van der Waals surface area contributed by atoms with Gasteiger partial charge in [0.05, 0.1) is 13.2 Å². The lowest BCUT2D eigenvalue weighted by molar-refractivity contribution is -0.148. The second-order valence-electron chi connectivity index (χ2n) is 4.45. The van der Waals surface area contributed by atoms with E-state index < -0.39 is 11.4 Å². The number of nitriles is 1. The van der Waals surface area contributed by atoms with E-state index in [0.29, 0.717) is 6.42 Å². The van der Waals surface area contributed by atoms with Gasteiger partial charge >= 0.3 is 5.97 Å². The van der Waals surface area contributed by atoms with E-state index >= 15 is 0 Å². The number of nitrogens with zero attached hydrogens (tertiary/aromatic N) is 1. The fraction of sp³-hybridized carbons (Fsp3) is 0.846. The third-order valence-corrected chi connectivity index (χ3v) is 2.91. The number of hydrogen-bond donors (Lipinski definition) is 0. The normalized spacial score (nSPS) is 13.9. The Morgan fingerprint density at radius 2 is 1.81 bits per heavy atom. The van der Waals surface area contributed by atoms with E-state index in [4.69, 9.17) is 5.26 Å². The van der Waals surface area contributed by atoms with E-state index in [1.165, 1.54) is 32.8 Å². The lowest BCUT2D eigenvalue weighted by atomic mass is 9.86. The minimum absolute atomic E-state index is 0.413. The van der Waals surface area contributed by atoms with Gasteiger partial charge in [0.1, 0.15) is 0 Å². The van der Waals surface area contributed by atoms with Crippen LogP contribution in [-0.4, -0.2) is 13.1 Å². The quantitative estimate of drug-likeness (QED) is 0.469. The zero-order chi connectivity index (χ0) is 12.4. The van der Waals surface area contributed by atoms with Crippen LogP contribution in [-0.2, 0) is 9.53 Å². The average molecular weight is 225 g/mol. The predicted molar refractivity (Wildman–Crippen MR) is 63.7 cm³/mol. The van der Waals surface area contributed by atoms with E-state index in [0.717, 1.165) is 12.8 Å². The predicted octanol–water partition coefficient (Wildman–Crippen LogP) is 3.44. The molecular formula is C13H23NO2. The van der Waals surface area contributed by atoms with Crippen LogP contribution in [0.4, 0.5) is 0 Å². The first-order valence-electron chi connectivity index (χ1n) is 6.10. The van der Waals surface area contributed by atoms with E-state index in [1.54, 1.807) is 6.92 Å². The molecule has 0 aromatic rings. The van der Waals surface area contributed by atoms with Crippen molar-refractivity contribution in [2.45, 2.75) is 58.8 Å². The number of ether oxygens (including phenoxy) is 1.